The summed E-state index contributed by atoms with van der Waals surface area (Å²) in [4.78, 5) is 0. The van der Waals surface area contributed by atoms with E-state index in [0.717, 1.165) is 5.75 Å². The molecule has 1 aromatic carbocycles. The van der Waals surface area contributed by atoms with E-state index in [0.29, 0.717) is 11.0 Å². The first kappa shape index (κ1) is 11.3. The summed E-state index contributed by atoms with van der Waals surface area (Å²) >= 11 is 0. The lowest BCUT2D eigenvalue weighted by Gasteiger charge is -2.28. The monoisotopic (exact) mass is 207 g/mol. The molecule has 0 N–H and O–H groups in total. The zero-order valence-electron chi connectivity index (χ0n) is 9.50. The lowest BCUT2D eigenvalue weighted by atomic mass is 9.99. The second-order valence-corrected chi connectivity index (χ2v) is 7.07. The van der Waals surface area contributed by atoms with Crippen molar-refractivity contribution < 1.29 is 4.43 Å². The van der Waals surface area contributed by atoms with Crippen LogP contribution in [0.4, 0.5) is 0 Å². The number of benzene rings is 1. The minimum Gasteiger partial charge on any atom is -0.549 e. The van der Waals surface area contributed by atoms with Crippen molar-refractivity contribution in [2.24, 2.45) is 5.92 Å². The molecule has 0 amide bonds. The number of rotatable bonds is 4. The SMILES string of the molecule is CC(C)C(C)(C)[SiH2]Oc1cc[c]cc1. The third-order valence-electron chi connectivity index (χ3n) is 2.86. The zero-order valence-corrected chi connectivity index (χ0v) is 10.9. The zero-order chi connectivity index (χ0) is 10.6. The van der Waals surface area contributed by atoms with E-state index in [4.69, 9.17) is 4.43 Å². The lowest BCUT2D eigenvalue weighted by molar-refractivity contribution is 0.428. The van der Waals surface area contributed by atoms with Gasteiger partial charge in [0, 0.05) is 0 Å². The summed E-state index contributed by atoms with van der Waals surface area (Å²) in [6, 6.07) is 10.7. The molecular formula is C12H19OSi. The van der Waals surface area contributed by atoms with Crippen LogP contribution in [0.25, 0.3) is 0 Å². The van der Waals surface area contributed by atoms with Gasteiger partial charge in [0.2, 0.25) is 9.76 Å². The number of hydrogen-bond donors (Lipinski definition) is 0. The summed E-state index contributed by atoms with van der Waals surface area (Å²) in [6.07, 6.45) is 0. The molecule has 14 heavy (non-hydrogen) atoms. The van der Waals surface area contributed by atoms with E-state index in [2.05, 4.69) is 33.8 Å². The first-order valence-electron chi connectivity index (χ1n) is 5.11. The predicted octanol–water partition coefficient (Wildman–Crippen LogP) is 2.80. The summed E-state index contributed by atoms with van der Waals surface area (Å²) in [7, 11) is -0.520. The highest BCUT2D eigenvalue weighted by Crippen LogP contribution is 2.32. The van der Waals surface area contributed by atoms with Crippen molar-refractivity contribution in [3.8, 4) is 5.75 Å². The van der Waals surface area contributed by atoms with E-state index in [1.165, 1.54) is 0 Å². The molecule has 0 heterocycles. The quantitative estimate of drug-likeness (QED) is 0.690. The second-order valence-electron chi connectivity index (χ2n) is 4.67. The summed E-state index contributed by atoms with van der Waals surface area (Å²) in [5.74, 6) is 1.67. The lowest BCUT2D eigenvalue weighted by Crippen LogP contribution is -2.24. The maximum Gasteiger partial charge on any atom is 0.225 e. The Bertz CT molecular complexity index is 267. The summed E-state index contributed by atoms with van der Waals surface area (Å²) in [6.45, 7) is 9.10. The molecule has 0 aliphatic rings. The summed E-state index contributed by atoms with van der Waals surface area (Å²) < 4.78 is 5.85. The number of hydrogen-bond acceptors (Lipinski definition) is 1. The van der Waals surface area contributed by atoms with Gasteiger partial charge in [0.05, 0.1) is 0 Å². The van der Waals surface area contributed by atoms with Gasteiger partial charge in [0.25, 0.3) is 0 Å². The Morgan fingerprint density at radius 3 is 2.36 bits per heavy atom. The van der Waals surface area contributed by atoms with Crippen LogP contribution in [0.3, 0.4) is 0 Å². The molecule has 0 aliphatic carbocycles. The maximum absolute atomic E-state index is 5.85. The molecule has 0 saturated carbocycles. The standard InChI is InChI=1S/C12H19OSi/c1-10(2)12(3,4)14-13-11-8-6-5-7-9-11/h6-10H,14H2,1-4H3. The Kier molecular flexibility index (Phi) is 3.75. The van der Waals surface area contributed by atoms with Crippen LogP contribution < -0.4 is 4.43 Å². The van der Waals surface area contributed by atoms with Gasteiger partial charge in [-0.3, -0.25) is 0 Å². The van der Waals surface area contributed by atoms with Gasteiger partial charge in [-0.25, -0.2) is 0 Å². The van der Waals surface area contributed by atoms with E-state index in [1.807, 2.05) is 24.3 Å². The Hall–Kier alpha value is -0.763. The van der Waals surface area contributed by atoms with Crippen molar-refractivity contribution in [1.29, 1.82) is 0 Å². The molecule has 1 aromatic rings. The van der Waals surface area contributed by atoms with E-state index in [-0.39, 0.29) is 0 Å². The molecule has 0 aromatic heterocycles. The van der Waals surface area contributed by atoms with Crippen molar-refractivity contribution in [3.63, 3.8) is 0 Å². The van der Waals surface area contributed by atoms with Crippen molar-refractivity contribution in [1.82, 2.24) is 0 Å². The molecule has 0 saturated heterocycles. The first-order valence-corrected chi connectivity index (χ1v) is 6.40. The van der Waals surface area contributed by atoms with Gasteiger partial charge in [-0.15, -0.1) is 0 Å². The highest BCUT2D eigenvalue weighted by molar-refractivity contribution is 6.33. The average Bonchev–Trinajstić information content (AvgIpc) is 2.16. The molecule has 0 atom stereocenters. The molecule has 0 fully saturated rings. The van der Waals surface area contributed by atoms with Crippen LogP contribution in [-0.4, -0.2) is 9.76 Å². The molecule has 1 nitrogen and oxygen atoms in total. The third-order valence-corrected chi connectivity index (χ3v) is 4.90. The van der Waals surface area contributed by atoms with E-state index in [1.54, 1.807) is 0 Å². The minimum absolute atomic E-state index is 0.361. The van der Waals surface area contributed by atoms with Gasteiger partial charge in [-0.1, -0.05) is 39.8 Å². The maximum atomic E-state index is 5.85. The van der Waals surface area contributed by atoms with Crippen molar-refractivity contribution in [3.05, 3.63) is 30.3 Å². The highest BCUT2D eigenvalue weighted by Gasteiger charge is 2.24. The molecule has 0 bridgehead atoms. The van der Waals surface area contributed by atoms with Gasteiger partial charge >= 0.3 is 0 Å². The minimum atomic E-state index is -0.520. The first-order chi connectivity index (χ1) is 6.52. The van der Waals surface area contributed by atoms with Gasteiger partial charge in [-0.2, -0.15) is 0 Å². The molecule has 1 rings (SSSR count). The fourth-order valence-electron chi connectivity index (χ4n) is 0.904. The van der Waals surface area contributed by atoms with Crippen LogP contribution in [0.5, 0.6) is 5.75 Å². The van der Waals surface area contributed by atoms with Crippen LogP contribution in [0.2, 0.25) is 5.04 Å². The van der Waals surface area contributed by atoms with Crippen molar-refractivity contribution in [2.45, 2.75) is 32.7 Å². The molecule has 77 valence electrons. The van der Waals surface area contributed by atoms with Crippen LogP contribution in [0.1, 0.15) is 27.7 Å². The van der Waals surface area contributed by atoms with E-state index in [9.17, 15) is 0 Å². The molecule has 0 spiro atoms. The van der Waals surface area contributed by atoms with Crippen LogP contribution in [0.15, 0.2) is 24.3 Å². The van der Waals surface area contributed by atoms with E-state index < -0.39 is 9.76 Å². The van der Waals surface area contributed by atoms with Gasteiger partial charge in [0.15, 0.2) is 0 Å². The van der Waals surface area contributed by atoms with Crippen molar-refractivity contribution in [2.75, 3.05) is 0 Å². The molecular weight excluding hydrogens is 188 g/mol. The van der Waals surface area contributed by atoms with Gasteiger partial charge in [-0.05, 0) is 29.2 Å². The van der Waals surface area contributed by atoms with E-state index >= 15 is 0 Å². The Balaban J connectivity index is 2.49. The van der Waals surface area contributed by atoms with Crippen LogP contribution in [-0.2, 0) is 0 Å². The van der Waals surface area contributed by atoms with Crippen LogP contribution >= 0.6 is 0 Å². The fourth-order valence-corrected chi connectivity index (χ4v) is 1.97. The normalized spacial score (nSPS) is 12.6. The van der Waals surface area contributed by atoms with Crippen LogP contribution in [0, 0.1) is 12.0 Å². The molecule has 2 heteroatoms. The second kappa shape index (κ2) is 4.65. The largest absolute Gasteiger partial charge is 0.549 e. The van der Waals surface area contributed by atoms with Gasteiger partial charge in [0.1, 0.15) is 5.75 Å². The Morgan fingerprint density at radius 1 is 1.29 bits per heavy atom. The molecule has 0 aliphatic heterocycles. The fraction of sp³-hybridized carbons (Fsp3) is 0.500. The highest BCUT2D eigenvalue weighted by atomic mass is 28.2. The predicted molar refractivity (Wildman–Crippen MR) is 63.3 cm³/mol. The summed E-state index contributed by atoms with van der Waals surface area (Å²) in [5.41, 5.74) is 0. The topological polar surface area (TPSA) is 9.23 Å². The summed E-state index contributed by atoms with van der Waals surface area (Å²) in [5, 5.41) is 0.361. The molecule has 1 radical (unpaired) electrons. The average molecular weight is 207 g/mol. The molecule has 0 unspecified atom stereocenters. The van der Waals surface area contributed by atoms with Crippen molar-refractivity contribution >= 4 is 9.76 Å². The Morgan fingerprint density at radius 2 is 1.86 bits per heavy atom. The van der Waals surface area contributed by atoms with Gasteiger partial charge < -0.3 is 4.43 Å². The smallest absolute Gasteiger partial charge is 0.225 e. The third kappa shape index (κ3) is 3.18. The Labute approximate surface area is 89.4 Å².